The van der Waals surface area contributed by atoms with E-state index in [4.69, 9.17) is 15.0 Å². The number of aromatic nitrogens is 6. The Bertz CT molecular complexity index is 3340. The second-order valence-electron chi connectivity index (χ2n) is 15.9. The van der Waals surface area contributed by atoms with Crippen LogP contribution in [0.2, 0.25) is 0 Å². The van der Waals surface area contributed by atoms with Crippen molar-refractivity contribution in [2.75, 3.05) is 0 Å². The first-order chi connectivity index (χ1) is 30.2. The number of para-hydroxylation sites is 1. The summed E-state index contributed by atoms with van der Waals surface area (Å²) in [4.78, 5) is 20.4. The topological polar surface area (TPSA) is 61.4 Å². The van der Waals surface area contributed by atoms with E-state index in [9.17, 15) is 0 Å². The van der Waals surface area contributed by atoms with Gasteiger partial charge in [0, 0.05) is 52.0 Å². The molecule has 4 aromatic heterocycles. The van der Waals surface area contributed by atoms with Crippen molar-refractivity contribution in [1.82, 2.24) is 29.1 Å². The zero-order valence-electron chi connectivity index (χ0n) is 32.8. The second kappa shape index (κ2) is 12.9. The van der Waals surface area contributed by atoms with Crippen molar-refractivity contribution in [2.45, 2.75) is 5.41 Å². The van der Waals surface area contributed by atoms with E-state index in [1.807, 2.05) is 12.3 Å². The highest BCUT2D eigenvalue weighted by molar-refractivity contribution is 5.96. The van der Waals surface area contributed by atoms with Gasteiger partial charge in [0.05, 0.1) is 10.9 Å². The SMILES string of the molecule is c1ccc2c(c1)-c1ccccc1C21c2ccccc2-c2ccc(-c3nc(-c4ccc(-n5ccc6ccccc65)cc4)nc(-c4ccc(-n5ccc6cccnc65)cc4)n3)cc21. The van der Waals surface area contributed by atoms with Gasteiger partial charge in [-0.15, -0.1) is 0 Å². The van der Waals surface area contributed by atoms with E-state index in [1.54, 1.807) is 0 Å². The summed E-state index contributed by atoms with van der Waals surface area (Å²) in [5.41, 5.74) is 16.6. The molecule has 0 aliphatic heterocycles. The zero-order chi connectivity index (χ0) is 40.1. The third-order valence-corrected chi connectivity index (χ3v) is 12.7. The first-order valence-corrected chi connectivity index (χ1v) is 20.6. The lowest BCUT2D eigenvalue weighted by atomic mass is 9.70. The summed E-state index contributed by atoms with van der Waals surface area (Å²) in [5.74, 6) is 1.85. The molecule has 0 N–H and O–H groups in total. The lowest BCUT2D eigenvalue weighted by molar-refractivity contribution is 0.794. The van der Waals surface area contributed by atoms with Crippen LogP contribution in [0.3, 0.4) is 0 Å². The van der Waals surface area contributed by atoms with Crippen LogP contribution in [-0.4, -0.2) is 29.1 Å². The van der Waals surface area contributed by atoms with Crippen LogP contribution >= 0.6 is 0 Å². The molecule has 284 valence electrons. The molecule has 61 heavy (non-hydrogen) atoms. The van der Waals surface area contributed by atoms with Crippen LogP contribution in [0.15, 0.2) is 207 Å². The molecule has 0 bridgehead atoms. The first-order valence-electron chi connectivity index (χ1n) is 20.6. The molecule has 4 heterocycles. The molecular weight excluding hydrogens is 745 g/mol. The minimum atomic E-state index is -0.473. The van der Waals surface area contributed by atoms with Gasteiger partial charge in [0.2, 0.25) is 0 Å². The summed E-state index contributed by atoms with van der Waals surface area (Å²) in [6.45, 7) is 0. The fraction of sp³-hybridized carbons (Fsp3) is 0.0182. The van der Waals surface area contributed by atoms with Gasteiger partial charge in [-0.1, -0.05) is 103 Å². The minimum absolute atomic E-state index is 0.473. The van der Waals surface area contributed by atoms with Crippen molar-refractivity contribution in [3.8, 4) is 67.8 Å². The van der Waals surface area contributed by atoms with E-state index in [2.05, 4.69) is 209 Å². The quantitative estimate of drug-likeness (QED) is 0.175. The standard InChI is InChI=1S/C55H34N6/c1-8-18-50-35(10-1)29-32-60(50)40-24-19-36(20-25-40)51-57-52(37-21-26-41(27-22-37)61-33-30-38-11-9-31-56-54(38)61)59-53(58-51)39-23-28-45-44-14-4-7-17-48(44)55(49(45)34-39)46-15-5-2-12-42(46)43-13-3-6-16-47(43)55/h1-34H. The first kappa shape index (κ1) is 33.7. The molecule has 0 atom stereocenters. The molecule has 0 amide bonds. The van der Waals surface area contributed by atoms with E-state index >= 15 is 0 Å². The molecule has 6 heteroatoms. The highest BCUT2D eigenvalue weighted by atomic mass is 15.0. The third-order valence-electron chi connectivity index (χ3n) is 12.7. The molecular formula is C55H34N6. The summed E-state index contributed by atoms with van der Waals surface area (Å²) >= 11 is 0. The maximum absolute atomic E-state index is 5.27. The Hall–Kier alpha value is -8.22. The maximum Gasteiger partial charge on any atom is 0.164 e. The number of pyridine rings is 1. The van der Waals surface area contributed by atoms with E-state index in [0.29, 0.717) is 17.5 Å². The Morgan fingerprint density at radius 3 is 1.48 bits per heavy atom. The Labute approximate surface area is 351 Å². The monoisotopic (exact) mass is 778 g/mol. The fourth-order valence-electron chi connectivity index (χ4n) is 10.0. The Balaban J connectivity index is 0.982. The maximum atomic E-state index is 5.27. The summed E-state index contributed by atoms with van der Waals surface area (Å²) in [6.07, 6.45) is 6.01. The molecule has 1 spiro atoms. The van der Waals surface area contributed by atoms with Crippen molar-refractivity contribution in [1.29, 1.82) is 0 Å². The largest absolute Gasteiger partial charge is 0.317 e. The third kappa shape index (κ3) is 4.90. The molecule has 11 aromatic rings. The number of hydrogen-bond acceptors (Lipinski definition) is 4. The van der Waals surface area contributed by atoms with E-state index in [-0.39, 0.29) is 0 Å². The van der Waals surface area contributed by atoms with Crippen LogP contribution in [0.5, 0.6) is 0 Å². The van der Waals surface area contributed by atoms with Crippen LogP contribution in [0.25, 0.3) is 89.7 Å². The second-order valence-corrected chi connectivity index (χ2v) is 15.9. The van der Waals surface area contributed by atoms with Crippen LogP contribution in [0.4, 0.5) is 0 Å². The van der Waals surface area contributed by atoms with Gasteiger partial charge in [-0.05, 0) is 135 Å². The molecule has 0 saturated heterocycles. The van der Waals surface area contributed by atoms with Gasteiger partial charge in [-0.3, -0.25) is 0 Å². The lowest BCUT2D eigenvalue weighted by Crippen LogP contribution is -2.25. The fourth-order valence-corrected chi connectivity index (χ4v) is 10.0. The molecule has 2 aliphatic carbocycles. The summed E-state index contributed by atoms with van der Waals surface area (Å²) in [5, 5.41) is 2.30. The smallest absolute Gasteiger partial charge is 0.164 e. The molecule has 2 aliphatic rings. The lowest BCUT2D eigenvalue weighted by Gasteiger charge is -2.30. The number of fused-ring (bicyclic) bond motifs is 12. The molecule has 7 aromatic carbocycles. The molecule has 13 rings (SSSR count). The number of rotatable bonds is 5. The van der Waals surface area contributed by atoms with Crippen molar-refractivity contribution < 1.29 is 0 Å². The molecule has 6 nitrogen and oxygen atoms in total. The van der Waals surface area contributed by atoms with Gasteiger partial charge < -0.3 is 9.13 Å². The number of nitrogens with zero attached hydrogens (tertiary/aromatic N) is 6. The Morgan fingerprint density at radius 1 is 0.361 bits per heavy atom. The average molecular weight is 779 g/mol. The Kier molecular flexibility index (Phi) is 7.13. The molecule has 0 saturated carbocycles. The number of benzene rings is 7. The predicted molar refractivity (Wildman–Crippen MR) is 244 cm³/mol. The van der Waals surface area contributed by atoms with Gasteiger partial charge in [-0.2, -0.15) is 0 Å². The summed E-state index contributed by atoms with van der Waals surface area (Å²) in [6, 6.07) is 67.1. The van der Waals surface area contributed by atoms with Gasteiger partial charge in [0.1, 0.15) is 5.65 Å². The minimum Gasteiger partial charge on any atom is -0.317 e. The highest BCUT2D eigenvalue weighted by Gasteiger charge is 2.51. The van der Waals surface area contributed by atoms with E-state index < -0.39 is 5.41 Å². The van der Waals surface area contributed by atoms with E-state index in [1.165, 1.54) is 49.9 Å². The van der Waals surface area contributed by atoms with E-state index in [0.717, 1.165) is 44.6 Å². The predicted octanol–water partition coefficient (Wildman–Crippen LogP) is 12.5. The van der Waals surface area contributed by atoms with Gasteiger partial charge in [0.25, 0.3) is 0 Å². The average Bonchev–Trinajstić information content (AvgIpc) is 4.10. The molecule has 0 fully saturated rings. The van der Waals surface area contributed by atoms with Crippen LogP contribution in [0, 0.1) is 0 Å². The van der Waals surface area contributed by atoms with Crippen molar-refractivity contribution in [3.05, 3.63) is 229 Å². The molecule has 0 radical (unpaired) electrons. The molecule has 0 unspecified atom stereocenters. The van der Waals surface area contributed by atoms with Crippen molar-refractivity contribution >= 4 is 21.9 Å². The van der Waals surface area contributed by atoms with Gasteiger partial charge in [0.15, 0.2) is 17.5 Å². The van der Waals surface area contributed by atoms with Crippen molar-refractivity contribution in [3.63, 3.8) is 0 Å². The number of hydrogen-bond donors (Lipinski definition) is 0. The van der Waals surface area contributed by atoms with Crippen LogP contribution in [-0.2, 0) is 5.41 Å². The Morgan fingerprint density at radius 2 is 0.836 bits per heavy atom. The summed E-state index contributed by atoms with van der Waals surface area (Å²) < 4.78 is 4.32. The van der Waals surface area contributed by atoms with Gasteiger partial charge in [-0.25, -0.2) is 19.9 Å². The van der Waals surface area contributed by atoms with Crippen LogP contribution < -0.4 is 0 Å². The normalized spacial score (nSPS) is 13.0. The summed E-state index contributed by atoms with van der Waals surface area (Å²) in [7, 11) is 0. The zero-order valence-corrected chi connectivity index (χ0v) is 32.8. The van der Waals surface area contributed by atoms with Crippen LogP contribution in [0.1, 0.15) is 22.3 Å². The van der Waals surface area contributed by atoms with Crippen molar-refractivity contribution in [2.24, 2.45) is 0 Å². The highest BCUT2D eigenvalue weighted by Crippen LogP contribution is 2.63. The van der Waals surface area contributed by atoms with Gasteiger partial charge >= 0.3 is 0 Å².